The zero-order chi connectivity index (χ0) is 18.5. The van der Waals surface area contributed by atoms with E-state index in [1.165, 1.54) is 18.2 Å². The van der Waals surface area contributed by atoms with Crippen LogP contribution in [0.1, 0.15) is 36.1 Å². The molecule has 0 N–H and O–H groups in total. The molecule has 0 saturated carbocycles. The summed E-state index contributed by atoms with van der Waals surface area (Å²) in [6.07, 6.45) is 5.07. The predicted molar refractivity (Wildman–Crippen MR) is 94.7 cm³/mol. The highest BCUT2D eigenvalue weighted by atomic mass is 32.2. The molecule has 2 aromatic heterocycles. The van der Waals surface area contributed by atoms with Crippen molar-refractivity contribution in [1.82, 2.24) is 10.3 Å². The van der Waals surface area contributed by atoms with Crippen LogP contribution in [0, 0.1) is 25.2 Å². The first-order chi connectivity index (χ1) is 12.6. The molecule has 0 atom stereocenters. The van der Waals surface area contributed by atoms with Gasteiger partial charge in [-0.1, -0.05) is 11.8 Å². The Bertz CT molecular complexity index is 851. The second kappa shape index (κ2) is 8.19. The number of aryl methyl sites for hydroxylation is 2. The van der Waals surface area contributed by atoms with Gasteiger partial charge in [-0.15, -0.1) is 0 Å². The van der Waals surface area contributed by atoms with Gasteiger partial charge in [0.05, 0.1) is 23.4 Å². The van der Waals surface area contributed by atoms with Gasteiger partial charge in [0.25, 0.3) is 6.20 Å². The molecule has 26 heavy (non-hydrogen) atoms. The van der Waals surface area contributed by atoms with Crippen molar-refractivity contribution in [2.24, 2.45) is 4.99 Å². The molecule has 1 aliphatic heterocycles. The van der Waals surface area contributed by atoms with Gasteiger partial charge in [-0.05, 0) is 50.6 Å². The van der Waals surface area contributed by atoms with Crippen LogP contribution in [0.5, 0.6) is 0 Å². The van der Waals surface area contributed by atoms with Crippen molar-refractivity contribution in [3.63, 3.8) is 0 Å². The number of aromatic nitrogens is 3. The second-order valence-electron chi connectivity index (χ2n) is 6.14. The quantitative estimate of drug-likeness (QED) is 0.335. The molecule has 0 aromatic carbocycles. The Labute approximate surface area is 156 Å². The largest absolute Gasteiger partial charge is 0.861 e. The molecule has 1 fully saturated rings. The summed E-state index contributed by atoms with van der Waals surface area (Å²) in [7, 11) is 0. The second-order valence-corrected chi connectivity index (χ2v) is 7.11. The normalized spacial score (nSPS) is 15.1. The molecule has 8 nitrogen and oxygen atoms in total. The molecule has 0 amide bonds. The monoisotopic (exact) mass is 372 g/mol. The summed E-state index contributed by atoms with van der Waals surface area (Å²) in [6, 6.07) is 3.99. The minimum Gasteiger partial charge on any atom is -0.861 e. The summed E-state index contributed by atoms with van der Waals surface area (Å²) >= 11 is 1.21. The van der Waals surface area contributed by atoms with Gasteiger partial charge in [-0.3, -0.25) is 4.52 Å². The summed E-state index contributed by atoms with van der Waals surface area (Å²) < 4.78 is 5.13. The molecule has 0 spiro atoms. The zero-order valence-corrected chi connectivity index (χ0v) is 15.6. The number of rotatable bonds is 5. The third-order valence-corrected chi connectivity index (χ3v) is 5.02. The highest BCUT2D eigenvalue weighted by Crippen LogP contribution is 2.23. The number of nitrogens with zero attached hydrogens (tertiary/aromatic N) is 6. The highest BCUT2D eigenvalue weighted by Gasteiger charge is 2.22. The lowest BCUT2D eigenvalue weighted by Crippen LogP contribution is -2.60. The van der Waals surface area contributed by atoms with Crippen LogP contribution >= 0.6 is 11.8 Å². The van der Waals surface area contributed by atoms with Crippen LogP contribution < -0.4 is 14.9 Å². The number of nitriles is 1. The number of pyridine rings is 1. The average Bonchev–Trinajstić information content (AvgIpc) is 3.09. The summed E-state index contributed by atoms with van der Waals surface area (Å²) in [4.78, 5) is 9.90. The van der Waals surface area contributed by atoms with E-state index in [1.807, 2.05) is 19.9 Å². The van der Waals surface area contributed by atoms with Crippen LogP contribution in [-0.2, 0) is 0 Å². The topological polar surface area (TPSA) is 105 Å². The van der Waals surface area contributed by atoms with E-state index >= 15 is 0 Å². The summed E-state index contributed by atoms with van der Waals surface area (Å²) in [6.45, 7) is 5.54. The molecule has 1 saturated heterocycles. The number of thioether (sulfide) groups is 1. The molecular weight excluding hydrogens is 352 g/mol. The molecule has 0 radical (unpaired) electrons. The Hall–Kier alpha value is -2.60. The number of hydrogen-bond acceptors (Lipinski definition) is 8. The zero-order valence-electron chi connectivity index (χ0n) is 14.8. The highest BCUT2D eigenvalue weighted by molar-refractivity contribution is 7.99. The van der Waals surface area contributed by atoms with Crippen molar-refractivity contribution in [3.8, 4) is 6.07 Å². The molecule has 0 bridgehead atoms. The fourth-order valence-corrected chi connectivity index (χ4v) is 3.71. The smallest absolute Gasteiger partial charge is 0.324 e. The molecule has 9 heteroatoms. The molecule has 0 aliphatic carbocycles. The van der Waals surface area contributed by atoms with Crippen molar-refractivity contribution in [1.29, 1.82) is 5.26 Å². The van der Waals surface area contributed by atoms with Crippen molar-refractivity contribution in [3.05, 3.63) is 29.1 Å². The summed E-state index contributed by atoms with van der Waals surface area (Å²) in [5, 5.41) is 27.9. The van der Waals surface area contributed by atoms with Crippen LogP contribution in [0.15, 0.2) is 26.8 Å². The Morgan fingerprint density at radius 1 is 1.42 bits per heavy atom. The maximum Gasteiger partial charge on any atom is 0.324 e. The van der Waals surface area contributed by atoms with Crippen molar-refractivity contribution < 1.29 is 14.4 Å². The van der Waals surface area contributed by atoms with Gasteiger partial charge in [0.1, 0.15) is 11.1 Å². The molecule has 136 valence electrons. The van der Waals surface area contributed by atoms with E-state index in [0.29, 0.717) is 10.6 Å². The number of aliphatic imine (C=N–C) groups is 1. The van der Waals surface area contributed by atoms with E-state index in [-0.39, 0.29) is 17.5 Å². The van der Waals surface area contributed by atoms with E-state index in [0.717, 1.165) is 37.2 Å². The first kappa shape index (κ1) is 18.2. The van der Waals surface area contributed by atoms with Crippen LogP contribution in [0.2, 0.25) is 0 Å². The maximum atomic E-state index is 12.1. The van der Waals surface area contributed by atoms with E-state index < -0.39 is 0 Å². The van der Waals surface area contributed by atoms with Gasteiger partial charge in [0.15, 0.2) is 0 Å². The maximum absolute atomic E-state index is 12.1. The van der Waals surface area contributed by atoms with Crippen molar-refractivity contribution >= 4 is 23.5 Å². The first-order valence-corrected chi connectivity index (χ1v) is 9.45. The lowest BCUT2D eigenvalue weighted by molar-refractivity contribution is -0.759. The van der Waals surface area contributed by atoms with E-state index in [1.54, 1.807) is 11.0 Å². The van der Waals surface area contributed by atoms with Gasteiger partial charge in [-0.25, -0.2) is 9.98 Å². The van der Waals surface area contributed by atoms with Crippen molar-refractivity contribution in [2.75, 3.05) is 23.9 Å². The number of piperidine rings is 1. The third-order valence-electron chi connectivity index (χ3n) is 4.06. The molecule has 2 aromatic rings. The minimum absolute atomic E-state index is 0.0784. The van der Waals surface area contributed by atoms with E-state index in [4.69, 9.17) is 4.52 Å². The van der Waals surface area contributed by atoms with Gasteiger partial charge in [0, 0.05) is 11.4 Å². The fourth-order valence-electron chi connectivity index (χ4n) is 2.82. The molecular formula is C17H20N6O2S. The minimum atomic E-state index is -0.359. The third kappa shape index (κ3) is 4.32. The van der Waals surface area contributed by atoms with Gasteiger partial charge in [0.2, 0.25) is 5.27 Å². The van der Waals surface area contributed by atoms with Crippen molar-refractivity contribution in [2.45, 2.75) is 38.1 Å². The lowest BCUT2D eigenvalue weighted by atomic mass is 10.1. The number of hydrogen-bond donors (Lipinski definition) is 0. The lowest BCUT2D eigenvalue weighted by Gasteiger charge is -2.17. The molecule has 0 unspecified atom stereocenters. The van der Waals surface area contributed by atoms with Gasteiger partial charge < -0.3 is 5.11 Å². The average molecular weight is 372 g/mol. The SMILES string of the molecule is Cc1cc(C)c(C#N)c(SC/C([O-])=N/c2c[n+](N3CCCCC3)no2)n1. The van der Waals surface area contributed by atoms with Crippen LogP contribution in [0.3, 0.4) is 0 Å². The fraction of sp³-hybridized carbons (Fsp3) is 0.471. The van der Waals surface area contributed by atoms with Crippen LogP contribution in [-0.4, -0.2) is 35.0 Å². The van der Waals surface area contributed by atoms with Crippen LogP contribution in [0.25, 0.3) is 0 Å². The van der Waals surface area contributed by atoms with E-state index in [9.17, 15) is 10.4 Å². The standard InChI is InChI=1S/C17H20N6O2S/c1-12-8-13(2)19-17(14(12)9-18)26-11-15(24)20-16-10-23(21-25-16)22-6-4-3-5-7-22/h8,10H,3-7,11H2,1-2H3. The Kier molecular flexibility index (Phi) is 5.73. The summed E-state index contributed by atoms with van der Waals surface area (Å²) in [5.41, 5.74) is 2.16. The van der Waals surface area contributed by atoms with Crippen LogP contribution in [0.4, 0.5) is 5.88 Å². The van der Waals surface area contributed by atoms with E-state index in [2.05, 4.69) is 26.3 Å². The Balaban J connectivity index is 1.66. The molecule has 3 rings (SSSR count). The summed E-state index contributed by atoms with van der Waals surface area (Å²) in [5.74, 6) is -0.105. The Morgan fingerprint density at radius 3 is 2.92 bits per heavy atom. The van der Waals surface area contributed by atoms with Gasteiger partial charge >= 0.3 is 5.88 Å². The first-order valence-electron chi connectivity index (χ1n) is 8.46. The molecule has 3 heterocycles. The Morgan fingerprint density at radius 2 is 2.19 bits per heavy atom. The molecule has 1 aliphatic rings. The predicted octanol–water partition coefficient (Wildman–Crippen LogP) is 1.15. The van der Waals surface area contributed by atoms with Gasteiger partial charge in [-0.2, -0.15) is 10.3 Å².